The Bertz CT molecular complexity index is 864. The predicted molar refractivity (Wildman–Crippen MR) is 104 cm³/mol. The monoisotopic (exact) mass is 366 g/mol. The van der Waals surface area contributed by atoms with Gasteiger partial charge in [0, 0.05) is 11.4 Å². The number of para-hydroxylation sites is 1. The molecular weight excluding hydrogens is 348 g/mol. The van der Waals surface area contributed by atoms with Gasteiger partial charge >= 0.3 is 0 Å². The van der Waals surface area contributed by atoms with Crippen LogP contribution in [0.4, 0.5) is 11.4 Å². The molecule has 2 aromatic carbocycles. The first-order chi connectivity index (χ1) is 12.7. The van der Waals surface area contributed by atoms with Gasteiger partial charge in [-0.1, -0.05) is 30.3 Å². The highest BCUT2D eigenvalue weighted by Gasteiger charge is 2.08. The second kappa shape index (κ2) is 8.82. The molecule has 1 aromatic heterocycles. The predicted octanol–water partition coefficient (Wildman–Crippen LogP) is 4.41. The van der Waals surface area contributed by atoms with Crippen molar-refractivity contribution in [3.8, 4) is 5.75 Å². The molecule has 3 aromatic rings. The standard InChI is InChI=1S/C20H18N2O3S/c23-19(11-12-25-17-8-2-1-3-9-17)21-15-6-4-7-16(14-15)22-20(24)18-10-5-13-26-18/h1-10,13-14H,11-12H2,(H,21,23)(H,22,24). The van der Waals surface area contributed by atoms with Crippen molar-refractivity contribution in [3.05, 3.63) is 77.0 Å². The van der Waals surface area contributed by atoms with E-state index in [4.69, 9.17) is 4.74 Å². The second-order valence-electron chi connectivity index (χ2n) is 5.47. The minimum atomic E-state index is -0.167. The van der Waals surface area contributed by atoms with Gasteiger partial charge in [0.15, 0.2) is 0 Å². The number of hydrogen-bond acceptors (Lipinski definition) is 4. The van der Waals surface area contributed by atoms with Gasteiger partial charge in [0.1, 0.15) is 5.75 Å². The zero-order valence-electron chi connectivity index (χ0n) is 14.0. The van der Waals surface area contributed by atoms with E-state index in [9.17, 15) is 9.59 Å². The molecule has 3 rings (SSSR count). The molecule has 0 aliphatic carbocycles. The van der Waals surface area contributed by atoms with Crippen molar-refractivity contribution in [2.24, 2.45) is 0 Å². The average molecular weight is 366 g/mol. The molecule has 6 heteroatoms. The Labute approximate surface area is 155 Å². The second-order valence-corrected chi connectivity index (χ2v) is 6.42. The van der Waals surface area contributed by atoms with E-state index in [0.717, 1.165) is 5.75 Å². The van der Waals surface area contributed by atoms with E-state index in [0.29, 0.717) is 22.9 Å². The number of nitrogens with one attached hydrogen (secondary N) is 2. The number of rotatable bonds is 7. The van der Waals surface area contributed by atoms with Crippen molar-refractivity contribution in [2.75, 3.05) is 17.2 Å². The topological polar surface area (TPSA) is 67.4 Å². The number of anilines is 2. The molecule has 0 radical (unpaired) electrons. The van der Waals surface area contributed by atoms with Gasteiger partial charge in [0.05, 0.1) is 17.9 Å². The largest absolute Gasteiger partial charge is 0.493 e. The summed E-state index contributed by atoms with van der Waals surface area (Å²) < 4.78 is 5.52. The fourth-order valence-corrected chi connectivity index (χ4v) is 2.90. The lowest BCUT2D eigenvalue weighted by Crippen LogP contribution is -2.15. The van der Waals surface area contributed by atoms with E-state index < -0.39 is 0 Å². The van der Waals surface area contributed by atoms with Gasteiger partial charge in [0.25, 0.3) is 5.91 Å². The maximum Gasteiger partial charge on any atom is 0.265 e. The summed E-state index contributed by atoms with van der Waals surface area (Å²) in [6, 6.07) is 20.0. The van der Waals surface area contributed by atoms with Crippen molar-refractivity contribution < 1.29 is 14.3 Å². The van der Waals surface area contributed by atoms with E-state index in [1.165, 1.54) is 11.3 Å². The van der Waals surface area contributed by atoms with Crippen LogP contribution in [0.5, 0.6) is 5.75 Å². The highest BCUT2D eigenvalue weighted by atomic mass is 32.1. The summed E-state index contributed by atoms with van der Waals surface area (Å²) in [4.78, 5) is 24.8. The van der Waals surface area contributed by atoms with Crippen molar-refractivity contribution in [2.45, 2.75) is 6.42 Å². The molecule has 0 bridgehead atoms. The molecule has 5 nitrogen and oxygen atoms in total. The Kier molecular flexibility index (Phi) is 6.01. The van der Waals surface area contributed by atoms with Crippen LogP contribution in [0, 0.1) is 0 Å². The highest BCUT2D eigenvalue weighted by molar-refractivity contribution is 7.12. The molecular formula is C20H18N2O3S. The minimum Gasteiger partial charge on any atom is -0.493 e. The zero-order chi connectivity index (χ0) is 18.2. The third-order valence-electron chi connectivity index (χ3n) is 3.49. The van der Waals surface area contributed by atoms with Crippen LogP contribution in [0.2, 0.25) is 0 Å². The lowest BCUT2D eigenvalue weighted by atomic mass is 10.2. The van der Waals surface area contributed by atoms with Gasteiger partial charge in [-0.05, 0) is 41.8 Å². The third-order valence-corrected chi connectivity index (χ3v) is 4.36. The number of amides is 2. The van der Waals surface area contributed by atoms with Gasteiger partial charge in [-0.2, -0.15) is 0 Å². The Hall–Kier alpha value is -3.12. The Morgan fingerprint density at radius 2 is 1.65 bits per heavy atom. The Balaban J connectivity index is 1.50. The van der Waals surface area contributed by atoms with Crippen LogP contribution < -0.4 is 15.4 Å². The van der Waals surface area contributed by atoms with E-state index >= 15 is 0 Å². The average Bonchev–Trinajstić information content (AvgIpc) is 3.18. The summed E-state index contributed by atoms with van der Waals surface area (Å²) in [5, 5.41) is 7.48. The first-order valence-electron chi connectivity index (χ1n) is 8.13. The van der Waals surface area contributed by atoms with Crippen LogP contribution >= 0.6 is 11.3 Å². The fourth-order valence-electron chi connectivity index (χ4n) is 2.28. The van der Waals surface area contributed by atoms with Crippen molar-refractivity contribution in [1.82, 2.24) is 0 Å². The molecule has 0 saturated heterocycles. The normalized spacial score (nSPS) is 10.2. The minimum absolute atomic E-state index is 0.150. The van der Waals surface area contributed by atoms with Crippen LogP contribution in [0.15, 0.2) is 72.1 Å². The molecule has 132 valence electrons. The van der Waals surface area contributed by atoms with Crippen LogP contribution in [0.1, 0.15) is 16.1 Å². The zero-order valence-corrected chi connectivity index (χ0v) is 14.8. The van der Waals surface area contributed by atoms with Gasteiger partial charge in [-0.3, -0.25) is 9.59 Å². The maximum absolute atomic E-state index is 12.1. The van der Waals surface area contributed by atoms with Gasteiger partial charge in [0.2, 0.25) is 5.91 Å². The molecule has 26 heavy (non-hydrogen) atoms. The summed E-state index contributed by atoms with van der Waals surface area (Å²) >= 11 is 1.38. The number of benzene rings is 2. The number of hydrogen-bond donors (Lipinski definition) is 2. The van der Waals surface area contributed by atoms with Gasteiger partial charge in [-0.25, -0.2) is 0 Å². The Morgan fingerprint density at radius 3 is 2.38 bits per heavy atom. The molecule has 0 spiro atoms. The van der Waals surface area contributed by atoms with E-state index in [-0.39, 0.29) is 18.2 Å². The quantitative estimate of drug-likeness (QED) is 0.651. The van der Waals surface area contributed by atoms with Crippen LogP contribution in [-0.4, -0.2) is 18.4 Å². The first kappa shape index (κ1) is 17.7. The first-order valence-corrected chi connectivity index (χ1v) is 9.01. The van der Waals surface area contributed by atoms with Crippen LogP contribution in [0.25, 0.3) is 0 Å². The molecule has 0 saturated carbocycles. The Morgan fingerprint density at radius 1 is 0.885 bits per heavy atom. The molecule has 2 N–H and O–H groups in total. The van der Waals surface area contributed by atoms with Crippen molar-refractivity contribution in [1.29, 1.82) is 0 Å². The van der Waals surface area contributed by atoms with Crippen LogP contribution in [-0.2, 0) is 4.79 Å². The number of carbonyl (C=O) groups is 2. The van der Waals surface area contributed by atoms with E-state index in [2.05, 4.69) is 10.6 Å². The fraction of sp³-hybridized carbons (Fsp3) is 0.100. The SMILES string of the molecule is O=C(CCOc1ccccc1)Nc1cccc(NC(=O)c2cccs2)c1. The summed E-state index contributed by atoms with van der Waals surface area (Å²) in [5.41, 5.74) is 1.25. The summed E-state index contributed by atoms with van der Waals surface area (Å²) in [6.45, 7) is 0.296. The molecule has 0 fully saturated rings. The smallest absolute Gasteiger partial charge is 0.265 e. The number of ether oxygens (including phenoxy) is 1. The molecule has 1 heterocycles. The van der Waals surface area contributed by atoms with Crippen LogP contribution in [0.3, 0.4) is 0 Å². The molecule has 2 amide bonds. The molecule has 0 aliphatic heterocycles. The van der Waals surface area contributed by atoms with E-state index in [1.807, 2.05) is 41.8 Å². The summed E-state index contributed by atoms with van der Waals surface area (Å²) in [6.07, 6.45) is 0.237. The van der Waals surface area contributed by atoms with Crippen molar-refractivity contribution >= 4 is 34.5 Å². The molecule has 0 aliphatic rings. The summed E-state index contributed by atoms with van der Waals surface area (Å²) in [7, 11) is 0. The van der Waals surface area contributed by atoms with Gasteiger partial charge in [-0.15, -0.1) is 11.3 Å². The lowest BCUT2D eigenvalue weighted by Gasteiger charge is -2.09. The van der Waals surface area contributed by atoms with Gasteiger partial charge < -0.3 is 15.4 Å². The third kappa shape index (κ3) is 5.19. The molecule has 0 unspecified atom stereocenters. The summed E-state index contributed by atoms with van der Waals surface area (Å²) in [5.74, 6) is 0.418. The highest BCUT2D eigenvalue weighted by Crippen LogP contribution is 2.18. The van der Waals surface area contributed by atoms with Crippen molar-refractivity contribution in [3.63, 3.8) is 0 Å². The maximum atomic E-state index is 12.1. The number of carbonyl (C=O) groups excluding carboxylic acids is 2. The number of thiophene rings is 1. The lowest BCUT2D eigenvalue weighted by molar-refractivity contribution is -0.116. The molecule has 0 atom stereocenters. The van der Waals surface area contributed by atoms with E-state index in [1.54, 1.807) is 30.3 Å².